The fraction of sp³-hybridized carbons (Fsp3) is 0.375. The summed E-state index contributed by atoms with van der Waals surface area (Å²) in [6, 6.07) is 8.62. The van der Waals surface area contributed by atoms with Crippen molar-refractivity contribution in [3.63, 3.8) is 0 Å². The van der Waals surface area contributed by atoms with Gasteiger partial charge >= 0.3 is 5.69 Å². The average molecular weight is 317 g/mol. The van der Waals surface area contributed by atoms with E-state index < -0.39 is 0 Å². The summed E-state index contributed by atoms with van der Waals surface area (Å²) in [5, 5.41) is 3.47. The molecule has 1 unspecified atom stereocenters. The van der Waals surface area contributed by atoms with Crippen LogP contribution in [0, 0.1) is 0 Å². The molecule has 0 amide bonds. The first-order valence-electron chi connectivity index (χ1n) is 7.28. The molecule has 22 heavy (non-hydrogen) atoms. The Morgan fingerprint density at radius 2 is 2.05 bits per heavy atom. The van der Waals surface area contributed by atoms with Gasteiger partial charge in [-0.15, -0.1) is 11.8 Å². The second-order valence-corrected chi connectivity index (χ2v) is 6.66. The predicted octanol–water partition coefficient (Wildman–Crippen LogP) is 1.41. The molecule has 1 atom stereocenters. The minimum atomic E-state index is -0.298. The van der Waals surface area contributed by atoms with Gasteiger partial charge in [-0.25, -0.2) is 4.79 Å². The molecule has 6 heteroatoms. The van der Waals surface area contributed by atoms with E-state index in [2.05, 4.69) is 23.5 Å². The largest absolute Gasteiger partial charge is 0.330 e. The zero-order valence-corrected chi connectivity index (χ0v) is 13.5. The molecule has 0 bridgehead atoms. The number of hydrogen-bond donors (Lipinski definition) is 1. The van der Waals surface area contributed by atoms with Crippen LogP contribution in [0.5, 0.6) is 0 Å². The first-order chi connectivity index (χ1) is 10.6. The topological polar surface area (TPSA) is 56.0 Å². The lowest BCUT2D eigenvalue weighted by atomic mass is 10.0. The van der Waals surface area contributed by atoms with E-state index in [-0.39, 0.29) is 17.3 Å². The van der Waals surface area contributed by atoms with Crippen LogP contribution >= 0.6 is 11.8 Å². The van der Waals surface area contributed by atoms with Crippen LogP contribution in [0.1, 0.15) is 23.6 Å². The molecular weight excluding hydrogens is 298 g/mol. The Bertz CT molecular complexity index is 810. The van der Waals surface area contributed by atoms with E-state index in [0.29, 0.717) is 12.1 Å². The fourth-order valence-corrected chi connectivity index (χ4v) is 3.92. The molecule has 0 radical (unpaired) electrons. The zero-order chi connectivity index (χ0) is 15.7. The molecule has 2 heterocycles. The predicted molar refractivity (Wildman–Crippen MR) is 88.3 cm³/mol. The number of hydrogen-bond acceptors (Lipinski definition) is 4. The molecule has 0 spiro atoms. The fourth-order valence-electron chi connectivity index (χ4n) is 2.79. The summed E-state index contributed by atoms with van der Waals surface area (Å²) in [5.41, 5.74) is 1.38. The van der Waals surface area contributed by atoms with Crippen LogP contribution in [-0.4, -0.2) is 14.9 Å². The lowest BCUT2D eigenvalue weighted by Crippen LogP contribution is -2.40. The summed E-state index contributed by atoms with van der Waals surface area (Å²) in [7, 11) is 3.18. The van der Waals surface area contributed by atoms with Gasteiger partial charge < -0.3 is 9.88 Å². The first-order valence-corrected chi connectivity index (χ1v) is 8.27. The Labute approximate surface area is 133 Å². The second-order valence-electron chi connectivity index (χ2n) is 5.52. The highest BCUT2D eigenvalue weighted by atomic mass is 32.2. The summed E-state index contributed by atoms with van der Waals surface area (Å²) in [6.07, 6.45) is 2.66. The summed E-state index contributed by atoms with van der Waals surface area (Å²) >= 11 is 1.87. The van der Waals surface area contributed by atoms with E-state index in [0.717, 1.165) is 16.7 Å². The molecule has 1 aliphatic rings. The first kappa shape index (κ1) is 15.1. The maximum atomic E-state index is 12.2. The highest BCUT2D eigenvalue weighted by molar-refractivity contribution is 7.99. The Balaban J connectivity index is 1.83. The number of benzene rings is 1. The quantitative estimate of drug-likeness (QED) is 0.930. The number of fused-ring (bicyclic) bond motifs is 1. The van der Waals surface area contributed by atoms with Crippen LogP contribution in [0.2, 0.25) is 0 Å². The molecule has 2 aromatic rings. The molecule has 116 valence electrons. The molecule has 3 rings (SSSR count). The van der Waals surface area contributed by atoms with Crippen molar-refractivity contribution < 1.29 is 0 Å². The van der Waals surface area contributed by atoms with Gasteiger partial charge in [-0.3, -0.25) is 9.36 Å². The molecular formula is C16H19N3O2S. The number of thioether (sulfide) groups is 1. The van der Waals surface area contributed by atoms with E-state index in [1.54, 1.807) is 13.2 Å². The number of rotatable bonds is 3. The van der Waals surface area contributed by atoms with Gasteiger partial charge in [0.2, 0.25) is 0 Å². The maximum Gasteiger partial charge on any atom is 0.330 e. The molecule has 1 aromatic heterocycles. The van der Waals surface area contributed by atoms with Crippen molar-refractivity contribution >= 4 is 11.8 Å². The van der Waals surface area contributed by atoms with Crippen LogP contribution in [-0.2, 0) is 20.6 Å². The van der Waals surface area contributed by atoms with Crippen LogP contribution < -0.4 is 16.6 Å². The van der Waals surface area contributed by atoms with E-state index in [9.17, 15) is 9.59 Å². The molecule has 5 nitrogen and oxygen atoms in total. The average Bonchev–Trinajstić information content (AvgIpc) is 2.55. The standard InChI is InChI=1S/C16H19N3O2S/c1-18-10-11(15(20)19(2)16(18)21)9-17-13-7-8-22-14-6-4-3-5-12(13)14/h3-6,10,13,17H,7-9H2,1-2H3. The lowest BCUT2D eigenvalue weighted by Gasteiger charge is -2.26. The molecule has 1 aliphatic heterocycles. The maximum absolute atomic E-state index is 12.2. The van der Waals surface area contributed by atoms with E-state index in [4.69, 9.17) is 0 Å². The van der Waals surface area contributed by atoms with E-state index >= 15 is 0 Å². The van der Waals surface area contributed by atoms with E-state index in [1.165, 1.54) is 22.1 Å². The third kappa shape index (κ3) is 2.76. The minimum absolute atomic E-state index is 0.228. The van der Waals surface area contributed by atoms with Crippen LogP contribution in [0.15, 0.2) is 44.9 Å². The number of aryl methyl sites for hydroxylation is 1. The minimum Gasteiger partial charge on any atom is -0.306 e. The lowest BCUT2D eigenvalue weighted by molar-refractivity contribution is 0.502. The van der Waals surface area contributed by atoms with Gasteiger partial charge in [0.15, 0.2) is 0 Å². The van der Waals surface area contributed by atoms with Crippen molar-refractivity contribution in [3.05, 3.63) is 62.4 Å². The van der Waals surface area contributed by atoms with Crippen molar-refractivity contribution in [2.45, 2.75) is 23.9 Å². The van der Waals surface area contributed by atoms with Gasteiger partial charge in [-0.1, -0.05) is 18.2 Å². The molecule has 1 aromatic carbocycles. The smallest absolute Gasteiger partial charge is 0.306 e. The van der Waals surface area contributed by atoms with Crippen molar-refractivity contribution in [1.82, 2.24) is 14.5 Å². The normalized spacial score (nSPS) is 17.3. The highest BCUT2D eigenvalue weighted by Gasteiger charge is 2.20. The summed E-state index contributed by atoms with van der Waals surface area (Å²) < 4.78 is 2.60. The van der Waals surface area contributed by atoms with Gasteiger partial charge in [0.1, 0.15) is 0 Å². The Hall–Kier alpha value is -1.79. The van der Waals surface area contributed by atoms with Gasteiger partial charge in [-0.05, 0) is 23.8 Å². The Morgan fingerprint density at radius 1 is 1.27 bits per heavy atom. The van der Waals surface area contributed by atoms with Crippen LogP contribution in [0.25, 0.3) is 0 Å². The molecule has 1 N–H and O–H groups in total. The SMILES string of the molecule is Cn1cc(CNC2CCSc3ccccc32)c(=O)n(C)c1=O. The number of nitrogens with one attached hydrogen (secondary N) is 1. The molecule has 0 aliphatic carbocycles. The van der Waals surface area contributed by atoms with Crippen LogP contribution in [0.3, 0.4) is 0 Å². The molecule has 0 saturated heterocycles. The van der Waals surface area contributed by atoms with Crippen molar-refractivity contribution in [1.29, 1.82) is 0 Å². The Morgan fingerprint density at radius 3 is 2.86 bits per heavy atom. The van der Waals surface area contributed by atoms with Gasteiger partial charge in [0.25, 0.3) is 5.56 Å². The molecule has 0 saturated carbocycles. The van der Waals surface area contributed by atoms with Crippen molar-refractivity contribution in [2.75, 3.05) is 5.75 Å². The van der Waals surface area contributed by atoms with E-state index in [1.807, 2.05) is 17.8 Å². The highest BCUT2D eigenvalue weighted by Crippen LogP contribution is 2.35. The third-order valence-corrected chi connectivity index (χ3v) is 5.14. The van der Waals surface area contributed by atoms with Crippen molar-refractivity contribution in [3.8, 4) is 0 Å². The molecule has 0 fully saturated rings. The third-order valence-electron chi connectivity index (χ3n) is 4.01. The van der Waals surface area contributed by atoms with Gasteiger partial charge in [0, 0.05) is 43.3 Å². The van der Waals surface area contributed by atoms with Crippen molar-refractivity contribution in [2.24, 2.45) is 14.1 Å². The summed E-state index contributed by atoms with van der Waals surface area (Å²) in [4.78, 5) is 25.2. The summed E-state index contributed by atoms with van der Waals surface area (Å²) in [6.45, 7) is 0.463. The number of nitrogens with zero attached hydrogens (tertiary/aromatic N) is 2. The van der Waals surface area contributed by atoms with Gasteiger partial charge in [-0.2, -0.15) is 0 Å². The Kier molecular flexibility index (Phi) is 4.22. The second kappa shape index (κ2) is 6.14. The monoisotopic (exact) mass is 317 g/mol. The summed E-state index contributed by atoms with van der Waals surface area (Å²) in [5.74, 6) is 1.07. The zero-order valence-electron chi connectivity index (χ0n) is 12.7. The van der Waals surface area contributed by atoms with Crippen LogP contribution in [0.4, 0.5) is 0 Å². The van der Waals surface area contributed by atoms with Gasteiger partial charge in [0.05, 0.1) is 0 Å². The number of aromatic nitrogens is 2.